The van der Waals surface area contributed by atoms with Crippen molar-refractivity contribution in [2.45, 2.75) is 19.6 Å². The Balaban J connectivity index is 2.78. The number of hydrogen-bond acceptors (Lipinski definition) is 1. The number of carbonyl (C=O) groups excluding carboxylic acids is 1. The van der Waals surface area contributed by atoms with Crippen molar-refractivity contribution in [1.29, 1.82) is 0 Å². The van der Waals surface area contributed by atoms with Crippen LogP contribution in [0.25, 0.3) is 6.08 Å². The third-order valence-electron chi connectivity index (χ3n) is 1.85. The molecular weight excluding hydrogens is 188 g/mol. The van der Waals surface area contributed by atoms with Crippen LogP contribution in [0.1, 0.15) is 15.9 Å². The van der Waals surface area contributed by atoms with Gasteiger partial charge in [-0.2, -0.15) is 0 Å². The molecule has 2 heteroatoms. The van der Waals surface area contributed by atoms with Gasteiger partial charge in [0.05, 0.1) is 8.07 Å². The van der Waals surface area contributed by atoms with Gasteiger partial charge in [0.1, 0.15) is 6.29 Å². The zero-order valence-corrected chi connectivity index (χ0v) is 9.95. The predicted molar refractivity (Wildman–Crippen MR) is 64.2 cm³/mol. The molecule has 0 amide bonds. The third-order valence-corrected chi connectivity index (χ3v) is 3.01. The summed E-state index contributed by atoms with van der Waals surface area (Å²) >= 11 is 0. The van der Waals surface area contributed by atoms with Crippen LogP contribution in [0.5, 0.6) is 0 Å². The van der Waals surface area contributed by atoms with Crippen molar-refractivity contribution in [3.63, 3.8) is 0 Å². The van der Waals surface area contributed by atoms with Crippen molar-refractivity contribution in [3.8, 4) is 0 Å². The summed E-state index contributed by atoms with van der Waals surface area (Å²) < 4.78 is 0. The first kappa shape index (κ1) is 10.9. The van der Waals surface area contributed by atoms with Crippen LogP contribution >= 0.6 is 0 Å². The van der Waals surface area contributed by atoms with Crippen LogP contribution in [0.4, 0.5) is 0 Å². The minimum Gasteiger partial charge on any atom is -0.298 e. The number of benzene rings is 1. The molecule has 0 bridgehead atoms. The van der Waals surface area contributed by atoms with E-state index in [0.29, 0.717) is 0 Å². The maximum Gasteiger partial charge on any atom is 0.150 e. The lowest BCUT2D eigenvalue weighted by atomic mass is 10.1. The van der Waals surface area contributed by atoms with E-state index in [0.717, 1.165) is 17.4 Å². The fourth-order valence-corrected chi connectivity index (χ4v) is 1.72. The van der Waals surface area contributed by atoms with Gasteiger partial charge in [-0.1, -0.05) is 55.7 Å². The lowest BCUT2D eigenvalue weighted by Crippen LogP contribution is -2.15. The molecule has 0 fully saturated rings. The van der Waals surface area contributed by atoms with Gasteiger partial charge in [0, 0.05) is 5.56 Å². The Labute approximate surface area is 86.5 Å². The standard InChI is InChI=1S/C12H16OSi/c1-14(2,3)9-8-11-4-6-12(10-13)7-5-11/h4-10H,1-3H3. The van der Waals surface area contributed by atoms with Crippen molar-refractivity contribution in [2.75, 3.05) is 0 Å². The van der Waals surface area contributed by atoms with Gasteiger partial charge in [0.15, 0.2) is 0 Å². The van der Waals surface area contributed by atoms with Crippen LogP contribution in [0.15, 0.2) is 30.0 Å². The molecular formula is C12H16OSi. The van der Waals surface area contributed by atoms with Crippen LogP contribution in [-0.2, 0) is 0 Å². The quantitative estimate of drug-likeness (QED) is 0.545. The van der Waals surface area contributed by atoms with Gasteiger partial charge in [-0.05, 0) is 5.56 Å². The van der Waals surface area contributed by atoms with E-state index in [-0.39, 0.29) is 0 Å². The van der Waals surface area contributed by atoms with E-state index in [1.54, 1.807) is 0 Å². The molecule has 1 rings (SSSR count). The molecule has 0 radical (unpaired) electrons. The fourth-order valence-electron chi connectivity index (χ4n) is 1.03. The maximum absolute atomic E-state index is 10.4. The smallest absolute Gasteiger partial charge is 0.150 e. The first-order valence-corrected chi connectivity index (χ1v) is 8.33. The summed E-state index contributed by atoms with van der Waals surface area (Å²) in [4.78, 5) is 10.4. The SMILES string of the molecule is C[Si](C)(C)C=Cc1ccc(C=O)cc1. The molecule has 0 saturated carbocycles. The fraction of sp³-hybridized carbons (Fsp3) is 0.250. The summed E-state index contributed by atoms with van der Waals surface area (Å²) in [7, 11) is -1.11. The number of carbonyl (C=O) groups is 1. The lowest BCUT2D eigenvalue weighted by molar-refractivity contribution is 0.112. The van der Waals surface area contributed by atoms with E-state index < -0.39 is 8.07 Å². The van der Waals surface area contributed by atoms with Crippen LogP contribution in [0.3, 0.4) is 0 Å². The highest BCUT2D eigenvalue weighted by Crippen LogP contribution is 2.09. The number of aldehydes is 1. The molecule has 0 aliphatic rings. The summed E-state index contributed by atoms with van der Waals surface area (Å²) in [6.45, 7) is 6.88. The van der Waals surface area contributed by atoms with E-state index in [9.17, 15) is 4.79 Å². The Morgan fingerprint density at radius 3 is 1.93 bits per heavy atom. The highest BCUT2D eigenvalue weighted by molar-refractivity contribution is 6.81. The van der Waals surface area contributed by atoms with Crippen LogP contribution < -0.4 is 0 Å². The molecule has 74 valence electrons. The second-order valence-electron chi connectivity index (χ2n) is 4.48. The molecule has 1 nitrogen and oxygen atoms in total. The second kappa shape index (κ2) is 4.38. The van der Waals surface area contributed by atoms with Gasteiger partial charge in [-0.25, -0.2) is 0 Å². The molecule has 14 heavy (non-hydrogen) atoms. The average molecular weight is 204 g/mol. The zero-order valence-electron chi connectivity index (χ0n) is 8.95. The Bertz CT molecular complexity index is 330. The summed E-state index contributed by atoms with van der Waals surface area (Å²) in [5, 5.41) is 0. The molecule has 0 atom stereocenters. The largest absolute Gasteiger partial charge is 0.298 e. The van der Waals surface area contributed by atoms with Crippen LogP contribution in [0, 0.1) is 0 Å². The number of hydrogen-bond donors (Lipinski definition) is 0. The van der Waals surface area contributed by atoms with Gasteiger partial charge < -0.3 is 0 Å². The van der Waals surface area contributed by atoms with E-state index in [1.807, 2.05) is 24.3 Å². The second-order valence-corrected chi connectivity index (χ2v) is 9.55. The van der Waals surface area contributed by atoms with Gasteiger partial charge in [-0.15, -0.1) is 0 Å². The predicted octanol–water partition coefficient (Wildman–Crippen LogP) is 3.39. The van der Waals surface area contributed by atoms with Crippen molar-refractivity contribution in [3.05, 3.63) is 41.1 Å². The minimum absolute atomic E-state index is 0.732. The van der Waals surface area contributed by atoms with E-state index in [1.165, 1.54) is 0 Å². The first-order chi connectivity index (χ1) is 6.51. The molecule has 0 N–H and O–H groups in total. The average Bonchev–Trinajstić information content (AvgIpc) is 2.14. The van der Waals surface area contributed by atoms with Crippen molar-refractivity contribution < 1.29 is 4.79 Å². The molecule has 0 aliphatic carbocycles. The lowest BCUT2D eigenvalue weighted by Gasteiger charge is -2.07. The Morgan fingerprint density at radius 1 is 1.00 bits per heavy atom. The molecule has 1 aromatic rings. The van der Waals surface area contributed by atoms with Crippen molar-refractivity contribution in [1.82, 2.24) is 0 Å². The summed E-state index contributed by atoms with van der Waals surface area (Å²) in [5.74, 6) is 0. The Kier molecular flexibility index (Phi) is 3.41. The van der Waals surface area contributed by atoms with Crippen molar-refractivity contribution >= 4 is 20.4 Å². The highest BCUT2D eigenvalue weighted by Gasteiger charge is 2.06. The normalized spacial score (nSPS) is 11.9. The monoisotopic (exact) mass is 204 g/mol. The molecule has 0 aliphatic heterocycles. The van der Waals surface area contributed by atoms with E-state index in [2.05, 4.69) is 31.4 Å². The topological polar surface area (TPSA) is 17.1 Å². The van der Waals surface area contributed by atoms with E-state index in [4.69, 9.17) is 0 Å². The molecule has 0 heterocycles. The van der Waals surface area contributed by atoms with Crippen LogP contribution in [-0.4, -0.2) is 14.4 Å². The third kappa shape index (κ3) is 3.71. The summed E-state index contributed by atoms with van der Waals surface area (Å²) in [6.07, 6.45) is 3.01. The molecule has 0 spiro atoms. The maximum atomic E-state index is 10.4. The Morgan fingerprint density at radius 2 is 1.50 bits per heavy atom. The van der Waals surface area contributed by atoms with E-state index >= 15 is 0 Å². The highest BCUT2D eigenvalue weighted by atomic mass is 28.3. The molecule has 1 aromatic carbocycles. The van der Waals surface area contributed by atoms with Gasteiger partial charge in [0.2, 0.25) is 0 Å². The van der Waals surface area contributed by atoms with Crippen molar-refractivity contribution in [2.24, 2.45) is 0 Å². The molecule has 0 saturated heterocycles. The van der Waals surface area contributed by atoms with Gasteiger partial charge >= 0.3 is 0 Å². The number of rotatable bonds is 3. The van der Waals surface area contributed by atoms with Gasteiger partial charge in [0.25, 0.3) is 0 Å². The summed E-state index contributed by atoms with van der Waals surface area (Å²) in [6, 6.07) is 7.63. The van der Waals surface area contributed by atoms with Crippen LogP contribution in [0.2, 0.25) is 19.6 Å². The molecule has 0 aromatic heterocycles. The van der Waals surface area contributed by atoms with Gasteiger partial charge in [-0.3, -0.25) is 4.79 Å². The molecule has 0 unspecified atom stereocenters. The Hall–Kier alpha value is -1.15. The zero-order chi connectivity index (χ0) is 10.6. The first-order valence-electron chi connectivity index (χ1n) is 4.76. The minimum atomic E-state index is -1.11. The summed E-state index contributed by atoms with van der Waals surface area (Å²) in [5.41, 5.74) is 4.19.